The zero-order valence-corrected chi connectivity index (χ0v) is 8.14. The number of nitrogens with zero attached hydrogens (tertiary/aromatic N) is 1. The van der Waals surface area contributed by atoms with Crippen LogP contribution in [0.1, 0.15) is 15.9 Å². The van der Waals surface area contributed by atoms with Crippen molar-refractivity contribution in [3.8, 4) is 11.8 Å². The molecule has 16 heavy (non-hydrogen) atoms. The van der Waals surface area contributed by atoms with Crippen molar-refractivity contribution in [2.75, 3.05) is 6.54 Å². The van der Waals surface area contributed by atoms with E-state index in [0.29, 0.717) is 0 Å². The van der Waals surface area contributed by atoms with Gasteiger partial charge in [-0.2, -0.15) is 0 Å². The van der Waals surface area contributed by atoms with Crippen LogP contribution in [0.5, 0.6) is 0 Å². The molecule has 0 aliphatic rings. The van der Waals surface area contributed by atoms with Gasteiger partial charge in [-0.1, -0.05) is 11.8 Å². The van der Waals surface area contributed by atoms with Crippen molar-refractivity contribution < 1.29 is 14.8 Å². The normalized spacial score (nSPS) is 9.06. The summed E-state index contributed by atoms with van der Waals surface area (Å²) < 4.78 is 0. The summed E-state index contributed by atoms with van der Waals surface area (Å²) in [6.45, 7) is 0.0573. The van der Waals surface area contributed by atoms with Crippen molar-refractivity contribution in [2.24, 2.45) is 5.73 Å². The highest BCUT2D eigenvalue weighted by Crippen LogP contribution is 2.17. The monoisotopic (exact) mass is 220 g/mol. The summed E-state index contributed by atoms with van der Waals surface area (Å²) in [5.74, 6) is 3.76. The van der Waals surface area contributed by atoms with E-state index < -0.39 is 10.9 Å². The van der Waals surface area contributed by atoms with Crippen LogP contribution in [0.3, 0.4) is 0 Å². The third kappa shape index (κ3) is 2.56. The molecule has 0 aliphatic heterocycles. The van der Waals surface area contributed by atoms with E-state index in [1.54, 1.807) is 0 Å². The Morgan fingerprint density at radius 3 is 2.75 bits per heavy atom. The predicted octanol–water partition coefficient (Wildman–Crippen LogP) is 0.603. The first-order valence-electron chi connectivity index (χ1n) is 4.27. The van der Waals surface area contributed by atoms with Crippen LogP contribution in [-0.4, -0.2) is 22.5 Å². The minimum Gasteiger partial charge on any atom is -0.478 e. The molecule has 1 rings (SSSR count). The first kappa shape index (κ1) is 11.7. The zero-order valence-electron chi connectivity index (χ0n) is 8.14. The first-order chi connectivity index (χ1) is 7.56. The maximum absolute atomic E-state index is 10.8. The molecule has 0 saturated carbocycles. The van der Waals surface area contributed by atoms with Crippen LogP contribution in [0, 0.1) is 22.0 Å². The number of hydrogen-bond acceptors (Lipinski definition) is 4. The van der Waals surface area contributed by atoms with Crippen LogP contribution in [0.4, 0.5) is 5.69 Å². The minimum absolute atomic E-state index is 0.0573. The average Bonchev–Trinajstić information content (AvgIpc) is 2.25. The number of nitrogens with two attached hydrogens (primary N) is 1. The number of carboxylic acid groups (broad SMARTS) is 1. The van der Waals surface area contributed by atoms with Gasteiger partial charge >= 0.3 is 5.97 Å². The third-order valence-electron chi connectivity index (χ3n) is 1.77. The Bertz CT molecular complexity index is 499. The van der Waals surface area contributed by atoms with E-state index in [-0.39, 0.29) is 23.4 Å². The molecule has 1 aromatic rings. The van der Waals surface area contributed by atoms with Crippen LogP contribution in [0.15, 0.2) is 18.2 Å². The van der Waals surface area contributed by atoms with Gasteiger partial charge in [-0.25, -0.2) is 4.79 Å². The highest BCUT2D eigenvalue weighted by Gasteiger charge is 2.13. The Morgan fingerprint density at radius 2 is 2.25 bits per heavy atom. The van der Waals surface area contributed by atoms with Gasteiger partial charge in [0.05, 0.1) is 17.0 Å². The number of nitro benzene ring substituents is 1. The lowest BCUT2D eigenvalue weighted by molar-refractivity contribution is -0.384. The highest BCUT2D eigenvalue weighted by molar-refractivity contribution is 5.91. The molecule has 0 aromatic heterocycles. The molecule has 0 unspecified atom stereocenters. The van der Waals surface area contributed by atoms with Crippen LogP contribution >= 0.6 is 0 Å². The van der Waals surface area contributed by atoms with Crippen molar-refractivity contribution in [1.29, 1.82) is 0 Å². The van der Waals surface area contributed by atoms with E-state index in [4.69, 9.17) is 10.8 Å². The number of rotatable bonds is 2. The van der Waals surface area contributed by atoms with Gasteiger partial charge in [-0.15, -0.1) is 0 Å². The third-order valence-corrected chi connectivity index (χ3v) is 1.77. The minimum atomic E-state index is -1.18. The Labute approximate surface area is 90.8 Å². The summed E-state index contributed by atoms with van der Waals surface area (Å²) in [5.41, 5.74) is 4.96. The molecule has 0 saturated heterocycles. The molecule has 0 amide bonds. The number of hydrogen-bond donors (Lipinski definition) is 2. The Balaban J connectivity index is 3.32. The molecule has 0 atom stereocenters. The van der Waals surface area contributed by atoms with E-state index in [2.05, 4.69) is 11.8 Å². The Kier molecular flexibility index (Phi) is 3.58. The van der Waals surface area contributed by atoms with Crippen molar-refractivity contribution >= 4 is 11.7 Å². The molecule has 0 heterocycles. The average molecular weight is 220 g/mol. The van der Waals surface area contributed by atoms with Crippen molar-refractivity contribution in [3.05, 3.63) is 39.4 Å². The number of aromatic carboxylic acids is 1. The molecule has 0 radical (unpaired) electrons. The topological polar surface area (TPSA) is 106 Å². The van der Waals surface area contributed by atoms with E-state index in [1.807, 2.05) is 0 Å². The summed E-state index contributed by atoms with van der Waals surface area (Å²) in [6, 6.07) is 3.39. The molecule has 82 valence electrons. The smallest absolute Gasteiger partial charge is 0.336 e. The van der Waals surface area contributed by atoms with Crippen molar-refractivity contribution in [1.82, 2.24) is 0 Å². The van der Waals surface area contributed by atoms with Crippen molar-refractivity contribution in [2.45, 2.75) is 0 Å². The Morgan fingerprint density at radius 1 is 1.56 bits per heavy atom. The standard InChI is InChI=1S/C10H8N2O4/c11-5-1-2-7-6-8(12(15)16)3-4-9(7)10(13)14/h3-4,6H,5,11H2,(H,13,14). The quantitative estimate of drug-likeness (QED) is 0.431. The summed E-state index contributed by atoms with van der Waals surface area (Å²) in [7, 11) is 0. The summed E-state index contributed by atoms with van der Waals surface area (Å²) in [5, 5.41) is 19.3. The van der Waals surface area contributed by atoms with Gasteiger partial charge in [0.25, 0.3) is 5.69 Å². The molecule has 0 aliphatic carbocycles. The summed E-state index contributed by atoms with van der Waals surface area (Å²) in [4.78, 5) is 20.7. The molecule has 0 spiro atoms. The van der Waals surface area contributed by atoms with Gasteiger partial charge in [0.1, 0.15) is 0 Å². The number of carboxylic acids is 1. The maximum Gasteiger partial charge on any atom is 0.336 e. The van der Waals surface area contributed by atoms with Gasteiger partial charge in [-0.05, 0) is 6.07 Å². The largest absolute Gasteiger partial charge is 0.478 e. The lowest BCUT2D eigenvalue weighted by Crippen LogP contribution is -2.02. The zero-order chi connectivity index (χ0) is 12.1. The summed E-state index contributed by atoms with van der Waals surface area (Å²) >= 11 is 0. The molecular formula is C10H8N2O4. The van der Waals surface area contributed by atoms with Gasteiger partial charge in [0.2, 0.25) is 0 Å². The van der Waals surface area contributed by atoms with Crippen molar-refractivity contribution in [3.63, 3.8) is 0 Å². The molecule has 1 aromatic carbocycles. The van der Waals surface area contributed by atoms with Gasteiger partial charge in [-0.3, -0.25) is 10.1 Å². The fourth-order valence-electron chi connectivity index (χ4n) is 1.08. The molecule has 3 N–H and O–H groups in total. The lowest BCUT2D eigenvalue weighted by Gasteiger charge is -1.98. The maximum atomic E-state index is 10.8. The van der Waals surface area contributed by atoms with E-state index >= 15 is 0 Å². The number of nitro groups is 1. The van der Waals surface area contributed by atoms with E-state index in [9.17, 15) is 14.9 Å². The first-order valence-corrected chi connectivity index (χ1v) is 4.27. The second-order valence-electron chi connectivity index (χ2n) is 2.80. The fraction of sp³-hybridized carbons (Fsp3) is 0.100. The van der Waals surface area contributed by atoms with Gasteiger partial charge in [0.15, 0.2) is 0 Å². The predicted molar refractivity (Wildman–Crippen MR) is 56.0 cm³/mol. The van der Waals surface area contributed by atoms with Crippen LogP contribution in [-0.2, 0) is 0 Å². The Hall–Kier alpha value is -2.39. The number of non-ortho nitro benzene ring substituents is 1. The van der Waals surface area contributed by atoms with E-state index in [1.165, 1.54) is 0 Å². The molecule has 6 nitrogen and oxygen atoms in total. The van der Waals surface area contributed by atoms with E-state index in [0.717, 1.165) is 18.2 Å². The number of benzene rings is 1. The molecule has 0 bridgehead atoms. The molecular weight excluding hydrogens is 212 g/mol. The van der Waals surface area contributed by atoms with Crippen LogP contribution < -0.4 is 5.73 Å². The number of carbonyl (C=O) groups is 1. The van der Waals surface area contributed by atoms with Gasteiger partial charge in [0, 0.05) is 17.7 Å². The van der Waals surface area contributed by atoms with Crippen LogP contribution in [0.2, 0.25) is 0 Å². The SMILES string of the molecule is NCC#Cc1cc([N+](=O)[O-])ccc1C(=O)O. The summed E-state index contributed by atoms with van der Waals surface area (Å²) in [6.07, 6.45) is 0. The highest BCUT2D eigenvalue weighted by atomic mass is 16.6. The molecule has 6 heteroatoms. The van der Waals surface area contributed by atoms with Crippen LogP contribution in [0.25, 0.3) is 0 Å². The second kappa shape index (κ2) is 4.91. The molecule has 0 fully saturated rings. The fourth-order valence-corrected chi connectivity index (χ4v) is 1.08. The lowest BCUT2D eigenvalue weighted by atomic mass is 10.1. The second-order valence-corrected chi connectivity index (χ2v) is 2.80. The van der Waals surface area contributed by atoms with Gasteiger partial charge < -0.3 is 10.8 Å².